The standard InChI is InChI=1S/C20H19FN2O3S2/c1-23-19(25)17-12-5-3-4-6-16(12)28-18(17)22-20(23)27-10-14(24)11-7-8-15(26-2)13(21)9-11/h7-9H,3-6,10H2,1-2H3. The molecule has 2 heterocycles. The minimum atomic E-state index is -0.575. The second-order valence-corrected chi connectivity index (χ2v) is 8.74. The van der Waals surface area contributed by atoms with Gasteiger partial charge < -0.3 is 4.74 Å². The molecule has 2 aromatic heterocycles. The summed E-state index contributed by atoms with van der Waals surface area (Å²) in [6.07, 6.45) is 4.18. The van der Waals surface area contributed by atoms with Gasteiger partial charge in [0.1, 0.15) is 4.83 Å². The molecule has 1 aliphatic rings. The Morgan fingerprint density at radius 3 is 2.89 bits per heavy atom. The molecule has 1 aromatic carbocycles. The zero-order chi connectivity index (χ0) is 19.8. The van der Waals surface area contributed by atoms with E-state index in [2.05, 4.69) is 4.98 Å². The van der Waals surface area contributed by atoms with Crippen LogP contribution >= 0.6 is 23.1 Å². The van der Waals surface area contributed by atoms with Gasteiger partial charge in [0.2, 0.25) is 0 Å². The first-order valence-corrected chi connectivity index (χ1v) is 10.8. The van der Waals surface area contributed by atoms with Gasteiger partial charge in [-0.05, 0) is 49.4 Å². The van der Waals surface area contributed by atoms with Crippen molar-refractivity contribution in [1.82, 2.24) is 9.55 Å². The normalized spacial score (nSPS) is 13.5. The number of hydrogen-bond acceptors (Lipinski definition) is 6. The first-order valence-electron chi connectivity index (χ1n) is 9.00. The molecule has 3 aromatic rings. The molecule has 0 radical (unpaired) electrons. The van der Waals surface area contributed by atoms with E-state index < -0.39 is 5.82 Å². The number of carbonyl (C=O) groups is 1. The lowest BCUT2D eigenvalue weighted by atomic mass is 9.97. The number of fused-ring (bicyclic) bond motifs is 3. The van der Waals surface area contributed by atoms with E-state index in [1.54, 1.807) is 18.4 Å². The first-order chi connectivity index (χ1) is 13.5. The van der Waals surface area contributed by atoms with E-state index in [4.69, 9.17) is 4.74 Å². The van der Waals surface area contributed by atoms with Gasteiger partial charge in [0.15, 0.2) is 22.5 Å². The third-order valence-electron chi connectivity index (χ3n) is 4.96. The number of halogens is 1. The summed E-state index contributed by atoms with van der Waals surface area (Å²) in [5, 5.41) is 1.23. The number of nitrogens with zero attached hydrogens (tertiary/aromatic N) is 2. The molecular formula is C20H19FN2O3S2. The van der Waals surface area contributed by atoms with E-state index in [0.717, 1.165) is 41.5 Å². The van der Waals surface area contributed by atoms with Gasteiger partial charge in [-0.15, -0.1) is 11.3 Å². The van der Waals surface area contributed by atoms with E-state index in [9.17, 15) is 14.0 Å². The fraction of sp³-hybridized carbons (Fsp3) is 0.350. The molecule has 0 bridgehead atoms. The second kappa shape index (κ2) is 7.67. The van der Waals surface area contributed by atoms with Gasteiger partial charge in [-0.25, -0.2) is 9.37 Å². The molecule has 5 nitrogen and oxygen atoms in total. The maximum atomic E-state index is 13.8. The topological polar surface area (TPSA) is 61.2 Å². The smallest absolute Gasteiger partial charge is 0.262 e. The van der Waals surface area contributed by atoms with Gasteiger partial charge in [-0.1, -0.05) is 11.8 Å². The van der Waals surface area contributed by atoms with Crippen LogP contribution in [0.1, 0.15) is 33.6 Å². The van der Waals surface area contributed by atoms with Crippen molar-refractivity contribution in [3.8, 4) is 5.75 Å². The molecule has 146 valence electrons. The van der Waals surface area contributed by atoms with Crippen LogP contribution in [0.4, 0.5) is 4.39 Å². The van der Waals surface area contributed by atoms with E-state index in [-0.39, 0.29) is 28.4 Å². The molecule has 4 rings (SSSR count). The molecule has 0 aliphatic heterocycles. The van der Waals surface area contributed by atoms with Crippen LogP contribution in [0.25, 0.3) is 10.2 Å². The Morgan fingerprint density at radius 2 is 2.14 bits per heavy atom. The zero-order valence-corrected chi connectivity index (χ0v) is 17.2. The van der Waals surface area contributed by atoms with Crippen LogP contribution in [-0.2, 0) is 19.9 Å². The number of thiophene rings is 1. The van der Waals surface area contributed by atoms with Crippen LogP contribution in [0.15, 0.2) is 28.2 Å². The van der Waals surface area contributed by atoms with Gasteiger partial charge in [0.05, 0.1) is 18.2 Å². The van der Waals surface area contributed by atoms with Crippen molar-refractivity contribution in [3.63, 3.8) is 0 Å². The Kier molecular flexibility index (Phi) is 5.25. The van der Waals surface area contributed by atoms with Crippen LogP contribution in [0.2, 0.25) is 0 Å². The molecule has 0 spiro atoms. The minimum absolute atomic E-state index is 0.0603. The second-order valence-electron chi connectivity index (χ2n) is 6.71. The number of benzene rings is 1. The maximum absolute atomic E-state index is 13.8. The predicted molar refractivity (Wildman–Crippen MR) is 110 cm³/mol. The average Bonchev–Trinajstić information content (AvgIpc) is 3.07. The number of hydrogen-bond donors (Lipinski definition) is 0. The van der Waals surface area contributed by atoms with E-state index in [0.29, 0.717) is 5.16 Å². The quantitative estimate of drug-likeness (QED) is 0.356. The molecule has 0 atom stereocenters. The fourth-order valence-corrected chi connectivity index (χ4v) is 5.62. The number of thioether (sulfide) groups is 1. The lowest BCUT2D eigenvalue weighted by molar-refractivity contribution is 0.102. The van der Waals surface area contributed by atoms with Crippen LogP contribution in [0.5, 0.6) is 5.75 Å². The number of aryl methyl sites for hydroxylation is 2. The molecule has 0 fully saturated rings. The predicted octanol–water partition coefficient (Wildman–Crippen LogP) is 4.00. The van der Waals surface area contributed by atoms with Crippen LogP contribution in [0.3, 0.4) is 0 Å². The summed E-state index contributed by atoms with van der Waals surface area (Å²) in [6, 6.07) is 4.14. The summed E-state index contributed by atoms with van der Waals surface area (Å²) < 4.78 is 20.2. The van der Waals surface area contributed by atoms with Crippen molar-refractivity contribution in [1.29, 1.82) is 0 Å². The Labute approximate surface area is 169 Å². The summed E-state index contributed by atoms with van der Waals surface area (Å²) >= 11 is 2.78. The van der Waals surface area contributed by atoms with E-state index in [1.165, 1.54) is 46.5 Å². The van der Waals surface area contributed by atoms with Gasteiger partial charge in [-0.2, -0.15) is 0 Å². The third kappa shape index (κ3) is 3.35. The van der Waals surface area contributed by atoms with E-state index >= 15 is 0 Å². The highest BCUT2D eigenvalue weighted by molar-refractivity contribution is 7.99. The zero-order valence-electron chi connectivity index (χ0n) is 15.6. The summed E-state index contributed by atoms with van der Waals surface area (Å²) in [7, 11) is 3.06. The average molecular weight is 419 g/mol. The molecule has 0 N–H and O–H groups in total. The van der Waals surface area contributed by atoms with Crippen LogP contribution in [0, 0.1) is 5.82 Å². The highest BCUT2D eigenvalue weighted by Crippen LogP contribution is 2.34. The summed E-state index contributed by atoms with van der Waals surface area (Å²) in [5.74, 6) is -0.635. The largest absolute Gasteiger partial charge is 0.494 e. The number of ketones is 1. The van der Waals surface area contributed by atoms with Crippen molar-refractivity contribution in [2.45, 2.75) is 30.8 Å². The molecule has 28 heavy (non-hydrogen) atoms. The molecule has 0 unspecified atom stereocenters. The van der Waals surface area contributed by atoms with Crippen LogP contribution in [-0.4, -0.2) is 28.2 Å². The first kappa shape index (κ1) is 19.1. The van der Waals surface area contributed by atoms with Crippen molar-refractivity contribution in [2.75, 3.05) is 12.9 Å². The minimum Gasteiger partial charge on any atom is -0.494 e. The van der Waals surface area contributed by atoms with Gasteiger partial charge in [0.25, 0.3) is 5.56 Å². The SMILES string of the molecule is COc1ccc(C(=O)CSc2nc3sc4c(c3c(=O)n2C)CCCC4)cc1F. The monoisotopic (exact) mass is 418 g/mol. The highest BCUT2D eigenvalue weighted by atomic mass is 32.2. The van der Waals surface area contributed by atoms with Gasteiger partial charge in [-0.3, -0.25) is 14.2 Å². The van der Waals surface area contributed by atoms with Crippen molar-refractivity contribution >= 4 is 39.1 Å². The van der Waals surface area contributed by atoms with E-state index in [1.807, 2.05) is 0 Å². The number of methoxy groups -OCH3 is 1. The van der Waals surface area contributed by atoms with Crippen LogP contribution < -0.4 is 10.3 Å². The Bertz CT molecular complexity index is 1140. The van der Waals surface area contributed by atoms with Crippen molar-refractivity contribution in [2.24, 2.45) is 7.05 Å². The fourth-order valence-electron chi connectivity index (χ4n) is 3.45. The Morgan fingerprint density at radius 1 is 1.36 bits per heavy atom. The van der Waals surface area contributed by atoms with Crippen molar-refractivity contribution < 1.29 is 13.9 Å². The Balaban J connectivity index is 1.60. The molecule has 0 amide bonds. The highest BCUT2D eigenvalue weighted by Gasteiger charge is 2.21. The number of ether oxygens (including phenoxy) is 1. The number of Topliss-reactive ketones (excluding diaryl/α,β-unsaturated/α-hetero) is 1. The molecular weight excluding hydrogens is 399 g/mol. The lowest BCUT2D eigenvalue weighted by Crippen LogP contribution is -2.21. The summed E-state index contributed by atoms with van der Waals surface area (Å²) in [5.41, 5.74) is 1.36. The number of carbonyl (C=O) groups excluding carboxylic acids is 1. The maximum Gasteiger partial charge on any atom is 0.262 e. The molecule has 8 heteroatoms. The molecule has 0 saturated heterocycles. The lowest BCUT2D eigenvalue weighted by Gasteiger charge is -2.10. The molecule has 0 saturated carbocycles. The molecule has 1 aliphatic carbocycles. The van der Waals surface area contributed by atoms with Crippen molar-refractivity contribution in [3.05, 3.63) is 50.4 Å². The van der Waals surface area contributed by atoms with Gasteiger partial charge in [0, 0.05) is 17.5 Å². The number of rotatable bonds is 5. The third-order valence-corrected chi connectivity index (χ3v) is 7.18. The number of aromatic nitrogens is 2. The summed E-state index contributed by atoms with van der Waals surface area (Å²) in [6.45, 7) is 0. The van der Waals surface area contributed by atoms with Gasteiger partial charge >= 0.3 is 0 Å². The Hall–Kier alpha value is -2.19. The summed E-state index contributed by atoms with van der Waals surface area (Å²) in [4.78, 5) is 32.0.